The highest BCUT2D eigenvalue weighted by Crippen LogP contribution is 2.68. The second kappa shape index (κ2) is 9.38. The summed E-state index contributed by atoms with van der Waals surface area (Å²) in [6.45, 7) is 19.3. The van der Waals surface area contributed by atoms with Gasteiger partial charge in [0, 0.05) is 18.4 Å². The molecule has 190 valence electrons. The number of carbonyl (C=O) groups excluding carboxylic acids is 1. The summed E-state index contributed by atoms with van der Waals surface area (Å²) in [6.07, 6.45) is 14.3. The highest BCUT2D eigenvalue weighted by molar-refractivity contribution is 6.69. The van der Waals surface area contributed by atoms with Crippen molar-refractivity contribution in [2.75, 3.05) is 0 Å². The fourth-order valence-electron chi connectivity index (χ4n) is 9.64. The van der Waals surface area contributed by atoms with Gasteiger partial charge < -0.3 is 4.43 Å². The molecule has 0 radical (unpaired) electrons. The normalized spacial score (nSPS) is 44.3. The van der Waals surface area contributed by atoms with E-state index in [0.717, 1.165) is 42.4 Å². The van der Waals surface area contributed by atoms with Gasteiger partial charge in [-0.05, 0) is 111 Å². The molecule has 0 aromatic heterocycles. The Morgan fingerprint density at radius 1 is 0.939 bits per heavy atom. The molecule has 4 fully saturated rings. The maximum absolute atomic E-state index is 13.7. The lowest BCUT2D eigenvalue weighted by Crippen LogP contribution is -2.57. The molecule has 2 nitrogen and oxygen atoms in total. The predicted octanol–water partition coefficient (Wildman–Crippen LogP) is 8.51. The fourth-order valence-corrected chi connectivity index (χ4v) is 10.9. The zero-order valence-electron chi connectivity index (χ0n) is 23.2. The lowest BCUT2D eigenvalue weighted by molar-refractivity contribution is -0.159. The van der Waals surface area contributed by atoms with E-state index in [1.165, 1.54) is 57.8 Å². The summed E-state index contributed by atoms with van der Waals surface area (Å²) in [4.78, 5) is 13.7. The van der Waals surface area contributed by atoms with Crippen LogP contribution in [-0.4, -0.2) is 20.2 Å². The first-order chi connectivity index (χ1) is 15.3. The van der Waals surface area contributed by atoms with Gasteiger partial charge in [-0.1, -0.05) is 53.9 Å². The van der Waals surface area contributed by atoms with Crippen molar-refractivity contribution in [3.8, 4) is 0 Å². The van der Waals surface area contributed by atoms with Gasteiger partial charge in [-0.2, -0.15) is 0 Å². The monoisotopic (exact) mass is 474 g/mol. The van der Waals surface area contributed by atoms with Gasteiger partial charge in [0.15, 0.2) is 8.32 Å². The van der Waals surface area contributed by atoms with Crippen molar-refractivity contribution in [2.45, 2.75) is 131 Å². The van der Waals surface area contributed by atoms with Crippen molar-refractivity contribution >= 4 is 14.1 Å². The van der Waals surface area contributed by atoms with Crippen LogP contribution >= 0.6 is 0 Å². The van der Waals surface area contributed by atoms with E-state index in [1.54, 1.807) is 0 Å². The first-order valence-corrected chi connectivity index (χ1v) is 18.0. The molecular formula is C30H54O2Si. The number of rotatable bonds is 7. The number of ketones is 1. The Balaban J connectivity index is 1.47. The summed E-state index contributed by atoms with van der Waals surface area (Å²) < 4.78 is 6.52. The molecule has 4 aliphatic rings. The lowest BCUT2D eigenvalue weighted by atomic mass is 9.44. The minimum atomic E-state index is -1.56. The van der Waals surface area contributed by atoms with Gasteiger partial charge in [-0.3, -0.25) is 4.79 Å². The number of carbonyl (C=O) groups is 1. The van der Waals surface area contributed by atoms with E-state index in [9.17, 15) is 4.79 Å². The van der Waals surface area contributed by atoms with Gasteiger partial charge in [0.05, 0.1) is 0 Å². The third-order valence-electron chi connectivity index (χ3n) is 11.1. The molecule has 0 amide bonds. The van der Waals surface area contributed by atoms with Crippen molar-refractivity contribution in [2.24, 2.45) is 52.3 Å². The fraction of sp³-hybridized carbons (Fsp3) is 0.967. The molecular weight excluding hydrogens is 420 g/mol. The highest BCUT2D eigenvalue weighted by atomic mass is 28.4. The van der Waals surface area contributed by atoms with Gasteiger partial charge in [-0.25, -0.2) is 0 Å². The zero-order chi connectivity index (χ0) is 24.2. The van der Waals surface area contributed by atoms with Crippen LogP contribution in [-0.2, 0) is 9.22 Å². The molecule has 0 N–H and O–H groups in total. The summed E-state index contributed by atoms with van der Waals surface area (Å²) in [5, 5.41) is 0. The van der Waals surface area contributed by atoms with Crippen LogP contribution in [0.25, 0.3) is 0 Å². The second-order valence-corrected chi connectivity index (χ2v) is 19.2. The average molecular weight is 475 g/mol. The van der Waals surface area contributed by atoms with E-state index in [2.05, 4.69) is 54.3 Å². The van der Waals surface area contributed by atoms with Crippen LogP contribution in [0.5, 0.6) is 0 Å². The molecule has 0 aliphatic heterocycles. The van der Waals surface area contributed by atoms with Crippen molar-refractivity contribution in [1.82, 2.24) is 0 Å². The Bertz CT molecular complexity index is 711. The molecule has 0 bridgehead atoms. The predicted molar refractivity (Wildman–Crippen MR) is 142 cm³/mol. The van der Waals surface area contributed by atoms with Gasteiger partial charge >= 0.3 is 0 Å². The summed E-state index contributed by atoms with van der Waals surface area (Å²) >= 11 is 0. The molecule has 0 unspecified atom stereocenters. The first-order valence-electron chi connectivity index (χ1n) is 14.6. The van der Waals surface area contributed by atoms with Crippen molar-refractivity contribution in [1.29, 1.82) is 0 Å². The van der Waals surface area contributed by atoms with Gasteiger partial charge in [0.25, 0.3) is 0 Å². The molecule has 0 aromatic carbocycles. The van der Waals surface area contributed by atoms with Crippen LogP contribution in [0.15, 0.2) is 0 Å². The lowest BCUT2D eigenvalue weighted by Gasteiger charge is -2.60. The quantitative estimate of drug-likeness (QED) is 0.346. The van der Waals surface area contributed by atoms with Gasteiger partial charge in [-0.15, -0.1) is 0 Å². The van der Waals surface area contributed by atoms with Gasteiger partial charge in [0.2, 0.25) is 0 Å². The van der Waals surface area contributed by atoms with Crippen LogP contribution in [0.3, 0.4) is 0 Å². The third-order valence-corrected chi connectivity index (χ3v) is 12.2. The third kappa shape index (κ3) is 4.93. The maximum Gasteiger partial charge on any atom is 0.184 e. The van der Waals surface area contributed by atoms with Crippen molar-refractivity contribution in [3.63, 3.8) is 0 Å². The summed E-state index contributed by atoms with van der Waals surface area (Å²) in [5.41, 5.74) is 0.696. The Morgan fingerprint density at radius 3 is 2.27 bits per heavy atom. The van der Waals surface area contributed by atoms with E-state index in [1.807, 2.05) is 0 Å². The van der Waals surface area contributed by atoms with E-state index >= 15 is 0 Å². The summed E-state index contributed by atoms with van der Waals surface area (Å²) in [6, 6.07) is 0. The minimum absolute atomic E-state index is 0.224. The van der Waals surface area contributed by atoms with Crippen LogP contribution in [0.2, 0.25) is 19.6 Å². The van der Waals surface area contributed by atoms with Crippen LogP contribution < -0.4 is 0 Å². The Morgan fingerprint density at radius 2 is 1.61 bits per heavy atom. The topological polar surface area (TPSA) is 26.3 Å². The molecule has 4 saturated carbocycles. The first kappa shape index (κ1) is 25.9. The Labute approximate surface area is 206 Å². The number of hydrogen-bond acceptors (Lipinski definition) is 2. The molecule has 0 spiro atoms. The van der Waals surface area contributed by atoms with E-state index in [4.69, 9.17) is 4.43 Å². The van der Waals surface area contributed by atoms with E-state index < -0.39 is 8.32 Å². The molecule has 3 heteroatoms. The number of Topliss-reactive ketones (excluding diaryl/α,β-unsaturated/α-hetero) is 1. The SMILES string of the molecule is CC(C)CCC[C@@H](C)[C@H]1CC[C@H]2[C@@H]3CC(=O)[C@H]4C[C@@H](O[Si](C)(C)C)CC[C@]4(C)[C@H]3CC[C@]12C. The Kier molecular flexibility index (Phi) is 7.37. The minimum Gasteiger partial charge on any atom is -0.415 e. The molecule has 0 aromatic rings. The Hall–Kier alpha value is -0.153. The van der Waals surface area contributed by atoms with Crippen LogP contribution in [0.1, 0.15) is 105 Å². The molecule has 4 aliphatic carbocycles. The summed E-state index contributed by atoms with van der Waals surface area (Å²) in [7, 11) is -1.56. The largest absolute Gasteiger partial charge is 0.415 e. The van der Waals surface area contributed by atoms with Crippen molar-refractivity contribution in [3.05, 3.63) is 0 Å². The summed E-state index contributed by atoms with van der Waals surface area (Å²) in [5.74, 6) is 5.59. The molecule has 0 heterocycles. The smallest absolute Gasteiger partial charge is 0.184 e. The van der Waals surface area contributed by atoms with E-state index in [0.29, 0.717) is 23.2 Å². The van der Waals surface area contributed by atoms with E-state index in [-0.39, 0.29) is 11.3 Å². The average Bonchev–Trinajstić information content (AvgIpc) is 3.05. The zero-order valence-corrected chi connectivity index (χ0v) is 24.2. The molecule has 33 heavy (non-hydrogen) atoms. The molecule has 4 rings (SSSR count). The maximum atomic E-state index is 13.7. The molecule has 9 atom stereocenters. The standard InChI is InChI=1S/C30H54O2Si/c1-20(2)10-9-11-21(3)24-12-13-25-23-19-28(31)27-18-22(32-33(6,7)8)14-16-30(27,5)26(23)15-17-29(24,25)4/h20-27H,9-19H2,1-8H3/t21-,22+,23+,24-,25+,26+,27-,29-,30-/m1/s1. The van der Waals surface area contributed by atoms with Crippen molar-refractivity contribution < 1.29 is 9.22 Å². The van der Waals surface area contributed by atoms with Gasteiger partial charge in [0.1, 0.15) is 5.78 Å². The number of fused-ring (bicyclic) bond motifs is 5. The van der Waals surface area contributed by atoms with Crippen LogP contribution in [0, 0.1) is 52.3 Å². The second-order valence-electron chi connectivity index (χ2n) is 14.8. The molecule has 0 saturated heterocycles. The van der Waals surface area contributed by atoms with Crippen LogP contribution in [0.4, 0.5) is 0 Å². The highest BCUT2D eigenvalue weighted by Gasteiger charge is 2.62. The number of hydrogen-bond donors (Lipinski definition) is 0.